The number of amides is 1. The average Bonchev–Trinajstić information content (AvgIpc) is 3.17. The lowest BCUT2D eigenvalue weighted by atomic mass is 9.92. The molecule has 0 spiro atoms. The Morgan fingerprint density at radius 2 is 1.72 bits per heavy atom. The van der Waals surface area contributed by atoms with Crippen molar-refractivity contribution < 1.29 is 18.3 Å². The summed E-state index contributed by atoms with van der Waals surface area (Å²) >= 11 is 7.53. The number of hydrogen-bond donors (Lipinski definition) is 2. The van der Waals surface area contributed by atoms with E-state index in [-0.39, 0.29) is 10.8 Å². The fraction of sp³-hybridized carbons (Fsp3) is 0.500. The van der Waals surface area contributed by atoms with E-state index in [4.69, 9.17) is 11.6 Å². The third kappa shape index (κ3) is 3.30. The summed E-state index contributed by atoms with van der Waals surface area (Å²) in [6.45, 7) is 0. The zero-order valence-corrected chi connectivity index (χ0v) is 18.1. The first-order chi connectivity index (χ1) is 13.8. The molecule has 0 saturated heterocycles. The molecule has 3 aliphatic rings. The molecule has 1 saturated carbocycles. The van der Waals surface area contributed by atoms with Gasteiger partial charge in [0, 0.05) is 11.2 Å². The van der Waals surface area contributed by atoms with Crippen LogP contribution in [-0.4, -0.2) is 24.4 Å². The highest BCUT2D eigenvalue weighted by atomic mass is 35.5. The Bertz CT molecular complexity index is 1100. The maximum Gasteiger partial charge on any atom is 0.291 e. The highest BCUT2D eigenvalue weighted by Crippen LogP contribution is 2.47. The van der Waals surface area contributed by atoms with Crippen LogP contribution in [0.1, 0.15) is 58.4 Å². The molecular formula is C20H21ClN2O4S2. The standard InChI is InChI=1S/C20H21ClN2O4S2/c21-18-13-5-1-3-11(13)15(12-4-2-6-14(12)18)9-17(24)23-29(26,27)19-22-10-16(28-19)20(25)7-8-20/h10,25H,1-9H2,(H,23,24). The van der Waals surface area contributed by atoms with Crippen molar-refractivity contribution in [3.8, 4) is 0 Å². The Balaban J connectivity index is 1.40. The largest absolute Gasteiger partial charge is 0.384 e. The molecule has 0 bridgehead atoms. The molecule has 6 nitrogen and oxygen atoms in total. The van der Waals surface area contributed by atoms with Crippen LogP contribution in [0.2, 0.25) is 5.02 Å². The van der Waals surface area contributed by atoms with Gasteiger partial charge in [0.25, 0.3) is 10.0 Å². The number of nitrogens with one attached hydrogen (secondary N) is 1. The van der Waals surface area contributed by atoms with E-state index in [1.54, 1.807) is 0 Å². The maximum absolute atomic E-state index is 12.7. The van der Waals surface area contributed by atoms with Crippen LogP contribution >= 0.6 is 22.9 Å². The molecular weight excluding hydrogens is 432 g/mol. The van der Waals surface area contributed by atoms with Crippen molar-refractivity contribution >= 4 is 38.9 Å². The smallest absolute Gasteiger partial charge is 0.291 e. The van der Waals surface area contributed by atoms with Crippen LogP contribution in [0.3, 0.4) is 0 Å². The number of fused-ring (bicyclic) bond motifs is 2. The molecule has 9 heteroatoms. The number of rotatable bonds is 5. The number of halogens is 1. The van der Waals surface area contributed by atoms with Crippen LogP contribution in [0, 0.1) is 0 Å². The maximum atomic E-state index is 12.7. The van der Waals surface area contributed by atoms with Crippen molar-refractivity contribution in [2.45, 2.75) is 67.7 Å². The van der Waals surface area contributed by atoms with Gasteiger partial charge in [0.05, 0.1) is 11.3 Å². The van der Waals surface area contributed by atoms with Crippen molar-refractivity contribution in [2.75, 3.05) is 0 Å². The summed E-state index contributed by atoms with van der Waals surface area (Å²) < 4.78 is 27.2. The Hall–Kier alpha value is -1.48. The van der Waals surface area contributed by atoms with E-state index in [0.29, 0.717) is 17.7 Å². The number of benzene rings is 1. The van der Waals surface area contributed by atoms with Crippen molar-refractivity contribution in [1.82, 2.24) is 9.71 Å². The molecule has 3 aliphatic carbocycles. The van der Waals surface area contributed by atoms with Gasteiger partial charge in [-0.15, -0.1) is 11.3 Å². The molecule has 0 radical (unpaired) electrons. The van der Waals surface area contributed by atoms with Gasteiger partial charge in [0.2, 0.25) is 10.2 Å². The number of thiazole rings is 1. The van der Waals surface area contributed by atoms with E-state index in [1.807, 2.05) is 0 Å². The molecule has 1 amide bonds. The summed E-state index contributed by atoms with van der Waals surface area (Å²) in [7, 11) is -4.06. The molecule has 154 valence electrons. The Kier molecular flexibility index (Phi) is 4.55. The number of nitrogens with zero attached hydrogens (tertiary/aromatic N) is 1. The van der Waals surface area contributed by atoms with Gasteiger partial charge < -0.3 is 5.11 Å². The third-order valence-electron chi connectivity index (χ3n) is 6.18. The van der Waals surface area contributed by atoms with E-state index in [0.717, 1.165) is 82.7 Å². The first-order valence-corrected chi connectivity index (χ1v) is 12.5. The van der Waals surface area contributed by atoms with Gasteiger partial charge in [0.1, 0.15) is 5.60 Å². The topological polar surface area (TPSA) is 96.4 Å². The third-order valence-corrected chi connectivity index (χ3v) is 9.59. The van der Waals surface area contributed by atoms with Crippen molar-refractivity contribution in [3.05, 3.63) is 43.9 Å². The van der Waals surface area contributed by atoms with E-state index in [1.165, 1.54) is 6.20 Å². The molecule has 2 N–H and O–H groups in total. The van der Waals surface area contributed by atoms with E-state index in [9.17, 15) is 18.3 Å². The van der Waals surface area contributed by atoms with Crippen molar-refractivity contribution in [1.29, 1.82) is 0 Å². The van der Waals surface area contributed by atoms with Gasteiger partial charge in [0.15, 0.2) is 0 Å². The second-order valence-corrected chi connectivity index (χ2v) is 11.4. The van der Waals surface area contributed by atoms with Crippen molar-refractivity contribution in [3.63, 3.8) is 0 Å². The molecule has 0 atom stereocenters. The lowest BCUT2D eigenvalue weighted by Gasteiger charge is -2.17. The minimum Gasteiger partial charge on any atom is -0.384 e. The predicted octanol–water partition coefficient (Wildman–Crippen LogP) is 2.80. The Morgan fingerprint density at radius 3 is 2.31 bits per heavy atom. The number of aliphatic hydroxyl groups is 1. The van der Waals surface area contributed by atoms with Crippen LogP contribution in [0.25, 0.3) is 0 Å². The van der Waals surface area contributed by atoms with Gasteiger partial charge in [-0.3, -0.25) is 4.79 Å². The molecule has 29 heavy (non-hydrogen) atoms. The normalized spacial score (nSPS) is 19.1. The van der Waals surface area contributed by atoms with Gasteiger partial charge in [-0.05, 0) is 79.2 Å². The minimum absolute atomic E-state index is 0.0310. The number of carbonyl (C=O) groups excluding carboxylic acids is 1. The first kappa shape index (κ1) is 19.5. The number of aromatic nitrogens is 1. The summed E-state index contributed by atoms with van der Waals surface area (Å²) in [5.74, 6) is -0.558. The number of carbonyl (C=O) groups is 1. The Labute approximate surface area is 178 Å². The summed E-state index contributed by atoms with van der Waals surface area (Å²) in [4.78, 5) is 17.2. The van der Waals surface area contributed by atoms with Crippen molar-refractivity contribution in [2.24, 2.45) is 0 Å². The zero-order valence-electron chi connectivity index (χ0n) is 15.8. The van der Waals surface area contributed by atoms with E-state index < -0.39 is 21.5 Å². The second kappa shape index (κ2) is 6.77. The lowest BCUT2D eigenvalue weighted by molar-refractivity contribution is -0.118. The monoisotopic (exact) mass is 452 g/mol. The molecule has 0 aliphatic heterocycles. The second-order valence-electron chi connectivity index (χ2n) is 8.14. The van der Waals surface area contributed by atoms with Gasteiger partial charge >= 0.3 is 0 Å². The molecule has 0 unspecified atom stereocenters. The number of hydrogen-bond acceptors (Lipinski definition) is 6. The van der Waals surface area contributed by atoms with E-state index >= 15 is 0 Å². The van der Waals surface area contributed by atoms with E-state index in [2.05, 4.69) is 9.71 Å². The van der Waals surface area contributed by atoms with Gasteiger partial charge in [-0.2, -0.15) is 8.42 Å². The highest BCUT2D eigenvalue weighted by Gasteiger charge is 2.44. The molecule has 1 heterocycles. The zero-order chi connectivity index (χ0) is 20.4. The van der Waals surface area contributed by atoms with Crippen LogP contribution in [0.15, 0.2) is 10.5 Å². The Morgan fingerprint density at radius 1 is 1.14 bits per heavy atom. The molecule has 2 aromatic rings. The number of sulfonamides is 1. The van der Waals surface area contributed by atoms with Crippen LogP contribution in [0.4, 0.5) is 0 Å². The summed E-state index contributed by atoms with van der Waals surface area (Å²) in [5.41, 5.74) is 4.57. The quantitative estimate of drug-likeness (QED) is 0.727. The van der Waals surface area contributed by atoms with Crippen LogP contribution in [-0.2, 0) is 52.5 Å². The van der Waals surface area contributed by atoms with Crippen LogP contribution in [0.5, 0.6) is 0 Å². The molecule has 5 rings (SSSR count). The lowest BCUT2D eigenvalue weighted by Crippen LogP contribution is -2.32. The predicted molar refractivity (Wildman–Crippen MR) is 110 cm³/mol. The fourth-order valence-electron chi connectivity index (χ4n) is 4.57. The molecule has 1 aromatic carbocycles. The summed E-state index contributed by atoms with van der Waals surface area (Å²) in [6.07, 6.45) is 8.24. The minimum atomic E-state index is -4.06. The molecule has 1 aromatic heterocycles. The average molecular weight is 453 g/mol. The fourth-order valence-corrected chi connectivity index (χ4v) is 7.26. The highest BCUT2D eigenvalue weighted by molar-refractivity contribution is 7.92. The first-order valence-electron chi connectivity index (χ1n) is 9.87. The van der Waals surface area contributed by atoms with Gasteiger partial charge in [-0.25, -0.2) is 9.71 Å². The van der Waals surface area contributed by atoms with Crippen LogP contribution < -0.4 is 4.72 Å². The molecule has 1 fully saturated rings. The summed E-state index contributed by atoms with van der Waals surface area (Å²) in [6, 6.07) is 0. The summed E-state index contributed by atoms with van der Waals surface area (Å²) in [5, 5.41) is 11.0. The van der Waals surface area contributed by atoms with Gasteiger partial charge in [-0.1, -0.05) is 11.6 Å². The SMILES string of the molecule is O=C(Cc1c2c(c(Cl)c3c1CCC3)CCC2)NS(=O)(=O)c1ncc(C2(O)CC2)s1.